The first kappa shape index (κ1) is 13.1. The zero-order chi connectivity index (χ0) is 13.2. The van der Waals surface area contributed by atoms with E-state index in [-0.39, 0.29) is 5.56 Å². The highest BCUT2D eigenvalue weighted by Crippen LogP contribution is 2.27. The van der Waals surface area contributed by atoms with E-state index in [4.69, 9.17) is 0 Å². The van der Waals surface area contributed by atoms with Gasteiger partial charge in [-0.15, -0.1) is 13.2 Å². The highest BCUT2D eigenvalue weighted by Gasteiger charge is 2.35. The normalized spacial score (nSPS) is 11.1. The molecule has 0 radical (unpaired) electrons. The molecule has 0 aliphatic carbocycles. The molecule has 0 aliphatic heterocycles. The summed E-state index contributed by atoms with van der Waals surface area (Å²) in [4.78, 5) is 24.6. The molecule has 1 aromatic rings. The number of alkyl halides is 3. The molecule has 0 unspecified atom stereocenters. The summed E-state index contributed by atoms with van der Waals surface area (Å²) in [6, 6.07) is 0. The van der Waals surface area contributed by atoms with E-state index in [0.717, 1.165) is 13.3 Å². The Hall–Kier alpha value is -1.99. The fourth-order valence-corrected chi connectivity index (χ4v) is 1.15. The average Bonchev–Trinajstić information content (AvgIpc) is 2.21. The molecule has 0 amide bonds. The van der Waals surface area contributed by atoms with Gasteiger partial charge >= 0.3 is 12.3 Å². The van der Waals surface area contributed by atoms with Gasteiger partial charge in [-0.3, -0.25) is 4.79 Å². The fourth-order valence-electron chi connectivity index (χ4n) is 1.15. The Bertz CT molecular complexity index is 492. The van der Waals surface area contributed by atoms with Crippen LogP contribution in [0.3, 0.4) is 0 Å². The van der Waals surface area contributed by atoms with Crippen molar-refractivity contribution in [1.29, 1.82) is 0 Å². The van der Waals surface area contributed by atoms with Crippen molar-refractivity contribution in [2.75, 3.05) is 7.11 Å². The van der Waals surface area contributed by atoms with Crippen molar-refractivity contribution < 1.29 is 27.4 Å². The molecule has 8 heteroatoms. The van der Waals surface area contributed by atoms with Gasteiger partial charge in [-0.1, -0.05) is 0 Å². The first-order valence-corrected chi connectivity index (χ1v) is 4.32. The molecule has 1 aromatic heterocycles. The topological polar surface area (TPSA) is 68.4 Å². The van der Waals surface area contributed by atoms with Crippen molar-refractivity contribution in [1.82, 2.24) is 4.98 Å². The standard InChI is InChI=1S/C9H8F3NO4/c1-4-3-13-7(14)5(8(15)16-2)6(4)17-9(10,11)12/h3H,1-2H3,(H,13,14). The number of methoxy groups -OCH3 is 1. The Labute approximate surface area is 93.2 Å². The number of carbonyl (C=O) groups is 1. The Morgan fingerprint density at radius 3 is 2.47 bits per heavy atom. The van der Waals surface area contributed by atoms with Crippen molar-refractivity contribution in [3.8, 4) is 5.75 Å². The van der Waals surface area contributed by atoms with E-state index >= 15 is 0 Å². The number of nitrogens with one attached hydrogen (secondary N) is 1. The van der Waals surface area contributed by atoms with Crippen molar-refractivity contribution in [2.45, 2.75) is 13.3 Å². The third kappa shape index (κ3) is 2.99. The number of H-pyrrole nitrogens is 1. The second kappa shape index (κ2) is 4.48. The van der Waals surface area contributed by atoms with Crippen LogP contribution in [0.25, 0.3) is 0 Å². The molecule has 1 heterocycles. The summed E-state index contributed by atoms with van der Waals surface area (Å²) < 4.78 is 44.2. The highest BCUT2D eigenvalue weighted by molar-refractivity contribution is 5.92. The average molecular weight is 251 g/mol. The first-order valence-electron chi connectivity index (χ1n) is 4.32. The maximum absolute atomic E-state index is 12.1. The fraction of sp³-hybridized carbons (Fsp3) is 0.333. The second-order valence-electron chi connectivity index (χ2n) is 3.04. The summed E-state index contributed by atoms with van der Waals surface area (Å²) in [5, 5.41) is 0. The number of hydrogen-bond donors (Lipinski definition) is 1. The summed E-state index contributed by atoms with van der Waals surface area (Å²) in [7, 11) is 0.946. The minimum Gasteiger partial charge on any atom is -0.465 e. The van der Waals surface area contributed by atoms with E-state index in [1.165, 1.54) is 6.92 Å². The minimum atomic E-state index is -5.00. The van der Waals surface area contributed by atoms with E-state index in [1.54, 1.807) is 0 Å². The zero-order valence-corrected chi connectivity index (χ0v) is 8.84. The van der Waals surface area contributed by atoms with Crippen LogP contribution < -0.4 is 10.3 Å². The molecule has 17 heavy (non-hydrogen) atoms. The van der Waals surface area contributed by atoms with Crippen LogP contribution in [0.15, 0.2) is 11.0 Å². The summed E-state index contributed by atoms with van der Waals surface area (Å²) in [5.41, 5.74) is -1.87. The Kier molecular flexibility index (Phi) is 3.45. The molecular weight excluding hydrogens is 243 g/mol. The molecule has 1 rings (SSSR count). The number of ether oxygens (including phenoxy) is 2. The number of hydrogen-bond acceptors (Lipinski definition) is 4. The maximum atomic E-state index is 12.1. The van der Waals surface area contributed by atoms with Crippen LogP contribution in [0, 0.1) is 6.92 Å². The SMILES string of the molecule is COC(=O)c1c(OC(F)(F)F)c(C)c[nH]c1=O. The van der Waals surface area contributed by atoms with Crippen LogP contribution in [0.2, 0.25) is 0 Å². The van der Waals surface area contributed by atoms with Crippen LogP contribution in [0.1, 0.15) is 15.9 Å². The predicted molar refractivity (Wildman–Crippen MR) is 49.8 cm³/mol. The van der Waals surface area contributed by atoms with Gasteiger partial charge in [-0.25, -0.2) is 4.79 Å². The number of carbonyl (C=O) groups excluding carboxylic acids is 1. The molecule has 0 aromatic carbocycles. The molecule has 0 saturated heterocycles. The number of rotatable bonds is 2. The quantitative estimate of drug-likeness (QED) is 0.806. The van der Waals surface area contributed by atoms with Gasteiger partial charge in [0.05, 0.1) is 7.11 Å². The number of pyridine rings is 1. The maximum Gasteiger partial charge on any atom is 0.573 e. The predicted octanol–water partition coefficient (Wildman–Crippen LogP) is 1.37. The molecular formula is C9H8F3NO4. The van der Waals surface area contributed by atoms with Crippen LogP contribution >= 0.6 is 0 Å². The molecule has 0 aliphatic rings. The number of aryl methyl sites for hydroxylation is 1. The van der Waals surface area contributed by atoms with Gasteiger partial charge in [0.15, 0.2) is 11.3 Å². The molecule has 1 N–H and O–H groups in total. The Morgan fingerprint density at radius 2 is 2.00 bits per heavy atom. The molecule has 0 atom stereocenters. The van der Waals surface area contributed by atoms with E-state index in [0.29, 0.717) is 0 Å². The highest BCUT2D eigenvalue weighted by atomic mass is 19.4. The van der Waals surface area contributed by atoms with Crippen molar-refractivity contribution in [3.63, 3.8) is 0 Å². The molecule has 5 nitrogen and oxygen atoms in total. The van der Waals surface area contributed by atoms with Gasteiger partial charge < -0.3 is 14.5 Å². The lowest BCUT2D eigenvalue weighted by Crippen LogP contribution is -2.25. The van der Waals surface area contributed by atoms with Crippen LogP contribution in [0.4, 0.5) is 13.2 Å². The molecule has 94 valence electrons. The summed E-state index contributed by atoms with van der Waals surface area (Å²) in [5.74, 6) is -2.05. The lowest BCUT2D eigenvalue weighted by atomic mass is 10.2. The second-order valence-corrected chi connectivity index (χ2v) is 3.04. The summed E-state index contributed by atoms with van der Waals surface area (Å²) in [6.07, 6.45) is -3.99. The number of halogens is 3. The third-order valence-electron chi connectivity index (χ3n) is 1.84. The monoisotopic (exact) mass is 251 g/mol. The van der Waals surface area contributed by atoms with Crippen LogP contribution in [-0.2, 0) is 4.74 Å². The number of aromatic amines is 1. The summed E-state index contributed by atoms with van der Waals surface area (Å²) in [6.45, 7) is 1.25. The zero-order valence-electron chi connectivity index (χ0n) is 8.84. The minimum absolute atomic E-state index is 0.0395. The smallest absolute Gasteiger partial charge is 0.465 e. The van der Waals surface area contributed by atoms with Crippen LogP contribution in [-0.4, -0.2) is 24.4 Å². The van der Waals surface area contributed by atoms with E-state index in [2.05, 4.69) is 14.5 Å². The van der Waals surface area contributed by atoms with Crippen molar-refractivity contribution in [3.05, 3.63) is 27.7 Å². The van der Waals surface area contributed by atoms with Gasteiger partial charge in [-0.05, 0) is 6.92 Å². The van der Waals surface area contributed by atoms with Crippen molar-refractivity contribution in [2.24, 2.45) is 0 Å². The largest absolute Gasteiger partial charge is 0.573 e. The third-order valence-corrected chi connectivity index (χ3v) is 1.84. The first-order chi connectivity index (χ1) is 7.76. The number of esters is 1. The Morgan fingerprint density at radius 1 is 1.41 bits per heavy atom. The van der Waals surface area contributed by atoms with E-state index < -0.39 is 29.2 Å². The molecule has 0 fully saturated rings. The van der Waals surface area contributed by atoms with Gasteiger partial charge in [0.1, 0.15) is 0 Å². The van der Waals surface area contributed by atoms with Crippen LogP contribution in [0.5, 0.6) is 5.75 Å². The molecule has 0 spiro atoms. The van der Waals surface area contributed by atoms with E-state index in [1.807, 2.05) is 0 Å². The lowest BCUT2D eigenvalue weighted by Gasteiger charge is -2.13. The molecule has 0 saturated carbocycles. The lowest BCUT2D eigenvalue weighted by molar-refractivity contribution is -0.275. The number of aromatic nitrogens is 1. The van der Waals surface area contributed by atoms with E-state index in [9.17, 15) is 22.8 Å². The van der Waals surface area contributed by atoms with Gasteiger partial charge in [0.25, 0.3) is 5.56 Å². The van der Waals surface area contributed by atoms with Gasteiger partial charge in [0.2, 0.25) is 0 Å². The van der Waals surface area contributed by atoms with Crippen molar-refractivity contribution >= 4 is 5.97 Å². The van der Waals surface area contributed by atoms with Gasteiger partial charge in [0, 0.05) is 11.8 Å². The summed E-state index contributed by atoms with van der Waals surface area (Å²) >= 11 is 0. The Balaban J connectivity index is 3.40. The molecule has 0 bridgehead atoms. The van der Waals surface area contributed by atoms with Gasteiger partial charge in [-0.2, -0.15) is 0 Å².